The van der Waals surface area contributed by atoms with Crippen LogP contribution in [0.25, 0.3) is 0 Å². The molecule has 2 rings (SSSR count). The van der Waals surface area contributed by atoms with Crippen molar-refractivity contribution < 1.29 is 19.3 Å². The third-order valence-electron chi connectivity index (χ3n) is 2.98. The van der Waals surface area contributed by atoms with Crippen molar-refractivity contribution in [3.8, 4) is 11.5 Å². The van der Waals surface area contributed by atoms with Gasteiger partial charge in [0.15, 0.2) is 11.5 Å². The van der Waals surface area contributed by atoms with Gasteiger partial charge >= 0.3 is 0 Å². The summed E-state index contributed by atoms with van der Waals surface area (Å²) in [6.07, 6.45) is 1.32. The van der Waals surface area contributed by atoms with Crippen molar-refractivity contribution in [2.75, 3.05) is 33.0 Å². The third kappa shape index (κ3) is 3.83. The fraction of sp³-hybridized carbons (Fsp3) is 0.571. The molecular formula is C14H21NO4. The Morgan fingerprint density at radius 2 is 2.05 bits per heavy atom. The van der Waals surface area contributed by atoms with Gasteiger partial charge in [0.05, 0.1) is 19.3 Å². The Balaban J connectivity index is 2.08. The second-order valence-corrected chi connectivity index (χ2v) is 4.43. The molecule has 1 aromatic rings. The van der Waals surface area contributed by atoms with Crippen LogP contribution in [-0.2, 0) is 4.74 Å². The van der Waals surface area contributed by atoms with Crippen LogP contribution in [0.15, 0.2) is 18.2 Å². The molecule has 3 N–H and O–H groups in total. The summed E-state index contributed by atoms with van der Waals surface area (Å²) in [7, 11) is 0. The lowest BCUT2D eigenvalue weighted by atomic mass is 10.1. The Bertz CT molecular complexity index is 397. The van der Waals surface area contributed by atoms with E-state index < -0.39 is 0 Å². The van der Waals surface area contributed by atoms with E-state index in [9.17, 15) is 0 Å². The van der Waals surface area contributed by atoms with Crippen LogP contribution in [0.4, 0.5) is 0 Å². The summed E-state index contributed by atoms with van der Waals surface area (Å²) in [5.41, 5.74) is 6.71. The van der Waals surface area contributed by atoms with Gasteiger partial charge < -0.3 is 25.1 Å². The molecule has 5 heteroatoms. The number of hydrogen-bond donors (Lipinski definition) is 2. The lowest BCUT2D eigenvalue weighted by Crippen LogP contribution is -2.17. The lowest BCUT2D eigenvalue weighted by molar-refractivity contribution is 0.0487. The van der Waals surface area contributed by atoms with Gasteiger partial charge in [0.2, 0.25) is 0 Å². The van der Waals surface area contributed by atoms with Gasteiger partial charge in [-0.1, -0.05) is 6.07 Å². The Morgan fingerprint density at radius 1 is 1.26 bits per heavy atom. The molecule has 1 unspecified atom stereocenters. The predicted molar refractivity (Wildman–Crippen MR) is 71.5 cm³/mol. The molecule has 0 spiro atoms. The van der Waals surface area contributed by atoms with Gasteiger partial charge in [0, 0.05) is 26.2 Å². The van der Waals surface area contributed by atoms with E-state index in [0.717, 1.165) is 23.5 Å². The van der Waals surface area contributed by atoms with Crippen molar-refractivity contribution >= 4 is 0 Å². The minimum atomic E-state index is -0.177. The van der Waals surface area contributed by atoms with E-state index in [2.05, 4.69) is 0 Å². The summed E-state index contributed by atoms with van der Waals surface area (Å²) in [4.78, 5) is 0. The minimum Gasteiger partial charge on any atom is -0.490 e. The van der Waals surface area contributed by atoms with E-state index in [4.69, 9.17) is 25.1 Å². The molecule has 0 saturated carbocycles. The fourth-order valence-electron chi connectivity index (χ4n) is 1.97. The Morgan fingerprint density at radius 3 is 2.79 bits per heavy atom. The van der Waals surface area contributed by atoms with E-state index in [1.807, 2.05) is 18.2 Å². The van der Waals surface area contributed by atoms with E-state index in [1.54, 1.807) is 0 Å². The smallest absolute Gasteiger partial charge is 0.161 e. The second-order valence-electron chi connectivity index (χ2n) is 4.43. The van der Waals surface area contributed by atoms with Crippen LogP contribution in [-0.4, -0.2) is 38.1 Å². The molecule has 0 bridgehead atoms. The molecule has 0 amide bonds. The highest BCUT2D eigenvalue weighted by Crippen LogP contribution is 2.32. The molecule has 0 aromatic heterocycles. The molecule has 1 heterocycles. The number of ether oxygens (including phenoxy) is 3. The number of aliphatic hydroxyl groups excluding tert-OH is 1. The van der Waals surface area contributed by atoms with Crippen LogP contribution in [0.5, 0.6) is 11.5 Å². The first-order valence-electron chi connectivity index (χ1n) is 6.67. The lowest BCUT2D eigenvalue weighted by Gasteiger charge is -2.18. The number of hydrogen-bond acceptors (Lipinski definition) is 5. The normalized spacial score (nSPS) is 15.9. The Labute approximate surface area is 113 Å². The van der Waals surface area contributed by atoms with Crippen molar-refractivity contribution in [1.82, 2.24) is 0 Å². The van der Waals surface area contributed by atoms with E-state index in [0.29, 0.717) is 32.8 Å². The molecule has 1 aliphatic heterocycles. The molecular weight excluding hydrogens is 246 g/mol. The molecule has 0 aliphatic carbocycles. The van der Waals surface area contributed by atoms with Crippen molar-refractivity contribution in [3.63, 3.8) is 0 Å². The highest BCUT2D eigenvalue weighted by atomic mass is 16.5. The molecule has 1 atom stereocenters. The fourth-order valence-corrected chi connectivity index (χ4v) is 1.97. The molecule has 0 saturated heterocycles. The predicted octanol–water partition coefficient (Wildman–Crippen LogP) is 1.25. The molecule has 19 heavy (non-hydrogen) atoms. The number of rotatable bonds is 6. The van der Waals surface area contributed by atoms with Crippen LogP contribution in [0.1, 0.15) is 24.5 Å². The summed E-state index contributed by atoms with van der Waals surface area (Å²) in [6, 6.07) is 5.77. The van der Waals surface area contributed by atoms with Crippen molar-refractivity contribution in [2.45, 2.75) is 18.9 Å². The van der Waals surface area contributed by atoms with Crippen LogP contribution in [0.3, 0.4) is 0 Å². The first-order valence-corrected chi connectivity index (χ1v) is 6.67. The zero-order valence-electron chi connectivity index (χ0n) is 11.0. The van der Waals surface area contributed by atoms with Crippen LogP contribution < -0.4 is 15.2 Å². The molecule has 0 fully saturated rings. The van der Waals surface area contributed by atoms with Gasteiger partial charge in [0.25, 0.3) is 0 Å². The summed E-state index contributed by atoms with van der Waals surface area (Å²) in [5.74, 6) is 1.52. The highest BCUT2D eigenvalue weighted by Gasteiger charge is 2.15. The number of nitrogens with two attached hydrogens (primary N) is 1. The average molecular weight is 267 g/mol. The summed E-state index contributed by atoms with van der Waals surface area (Å²) in [6.45, 7) is 2.35. The maximum atomic E-state index is 8.76. The molecule has 1 aromatic carbocycles. The van der Waals surface area contributed by atoms with Gasteiger partial charge in [-0.2, -0.15) is 0 Å². The van der Waals surface area contributed by atoms with Gasteiger partial charge in [0.1, 0.15) is 0 Å². The Hall–Kier alpha value is -1.30. The third-order valence-corrected chi connectivity index (χ3v) is 2.98. The number of fused-ring (bicyclic) bond motifs is 1. The van der Waals surface area contributed by atoms with Gasteiger partial charge in [-0.3, -0.25) is 0 Å². The monoisotopic (exact) mass is 267 g/mol. The zero-order chi connectivity index (χ0) is 13.5. The summed E-state index contributed by atoms with van der Waals surface area (Å²) >= 11 is 0. The van der Waals surface area contributed by atoms with E-state index in [1.165, 1.54) is 0 Å². The minimum absolute atomic E-state index is 0.123. The quantitative estimate of drug-likeness (QED) is 0.759. The first-order chi connectivity index (χ1) is 9.35. The van der Waals surface area contributed by atoms with E-state index in [-0.39, 0.29) is 12.7 Å². The van der Waals surface area contributed by atoms with Gasteiger partial charge in [-0.15, -0.1) is 0 Å². The first kappa shape index (κ1) is 14.1. The molecule has 106 valence electrons. The van der Waals surface area contributed by atoms with Crippen molar-refractivity contribution in [2.24, 2.45) is 5.73 Å². The van der Waals surface area contributed by atoms with E-state index >= 15 is 0 Å². The second kappa shape index (κ2) is 7.33. The van der Waals surface area contributed by atoms with Crippen LogP contribution >= 0.6 is 0 Å². The Kier molecular flexibility index (Phi) is 5.44. The zero-order valence-corrected chi connectivity index (χ0v) is 11.0. The van der Waals surface area contributed by atoms with Gasteiger partial charge in [-0.25, -0.2) is 0 Å². The molecule has 1 aliphatic rings. The van der Waals surface area contributed by atoms with Gasteiger partial charge in [-0.05, 0) is 24.1 Å². The number of benzene rings is 1. The number of aliphatic hydroxyl groups is 1. The SMILES string of the molecule is NCC(OCCCO)c1ccc2c(c1)OCCCO2. The topological polar surface area (TPSA) is 73.9 Å². The molecule has 5 nitrogen and oxygen atoms in total. The summed E-state index contributed by atoms with van der Waals surface area (Å²) in [5, 5.41) is 8.76. The van der Waals surface area contributed by atoms with Crippen LogP contribution in [0.2, 0.25) is 0 Å². The summed E-state index contributed by atoms with van der Waals surface area (Å²) < 4.78 is 16.9. The molecule has 0 radical (unpaired) electrons. The maximum Gasteiger partial charge on any atom is 0.161 e. The average Bonchev–Trinajstić information content (AvgIpc) is 2.68. The standard InChI is InChI=1S/C14H21NO4/c15-10-14(19-6-1-5-16)11-3-4-12-13(9-11)18-8-2-7-17-12/h3-4,9,14,16H,1-2,5-8,10,15H2. The van der Waals surface area contributed by atoms with Crippen molar-refractivity contribution in [3.05, 3.63) is 23.8 Å². The van der Waals surface area contributed by atoms with Crippen LogP contribution in [0, 0.1) is 0 Å². The largest absolute Gasteiger partial charge is 0.490 e. The highest BCUT2D eigenvalue weighted by molar-refractivity contribution is 5.44. The van der Waals surface area contributed by atoms with Crippen molar-refractivity contribution in [1.29, 1.82) is 0 Å². The maximum absolute atomic E-state index is 8.76.